The lowest BCUT2D eigenvalue weighted by molar-refractivity contribution is 0.102. The molecule has 0 spiro atoms. The molecule has 0 unspecified atom stereocenters. The maximum atomic E-state index is 12.7. The molecule has 1 amide bonds. The van der Waals surface area contributed by atoms with Crippen molar-refractivity contribution in [3.05, 3.63) is 77.9 Å². The lowest BCUT2D eigenvalue weighted by atomic mass is 10.1. The van der Waals surface area contributed by atoms with Crippen molar-refractivity contribution in [2.45, 2.75) is 13.8 Å². The summed E-state index contributed by atoms with van der Waals surface area (Å²) in [6, 6.07) is 21.3. The van der Waals surface area contributed by atoms with Gasteiger partial charge in [-0.2, -0.15) is 0 Å². The molecule has 0 bridgehead atoms. The van der Waals surface area contributed by atoms with E-state index in [-0.39, 0.29) is 5.91 Å². The van der Waals surface area contributed by atoms with Gasteiger partial charge in [-0.05, 0) is 61.9 Å². The van der Waals surface area contributed by atoms with Gasteiger partial charge in [-0.25, -0.2) is 4.98 Å². The lowest BCUT2D eigenvalue weighted by Gasteiger charge is -2.10. The lowest BCUT2D eigenvalue weighted by Crippen LogP contribution is -2.12. The number of carbonyl (C=O) groups is 1. The van der Waals surface area contributed by atoms with E-state index in [9.17, 15) is 4.79 Å². The van der Waals surface area contributed by atoms with E-state index in [0.717, 1.165) is 37.8 Å². The average Bonchev–Trinajstić information content (AvgIpc) is 3.14. The summed E-state index contributed by atoms with van der Waals surface area (Å²) in [5.74, 6) is 0.612. The summed E-state index contributed by atoms with van der Waals surface area (Å²) >= 11 is 1.65. The Kier molecular flexibility index (Phi) is 5.08. The molecule has 0 fully saturated rings. The highest BCUT2D eigenvalue weighted by atomic mass is 32.1. The zero-order valence-corrected chi connectivity index (χ0v) is 16.5. The van der Waals surface area contributed by atoms with E-state index >= 15 is 0 Å². The number of aromatic nitrogens is 1. The Morgan fingerprint density at radius 3 is 2.61 bits per heavy atom. The predicted octanol–water partition coefficient (Wildman–Crippen LogP) is 5.92. The molecule has 0 aliphatic heterocycles. The van der Waals surface area contributed by atoms with Crippen LogP contribution in [0.4, 0.5) is 5.69 Å². The number of carbonyl (C=O) groups excluding carboxylic acids is 1. The van der Waals surface area contributed by atoms with Gasteiger partial charge >= 0.3 is 0 Å². The number of amides is 1. The number of aryl methyl sites for hydroxylation is 1. The molecule has 1 heterocycles. The Labute approximate surface area is 167 Å². The molecule has 0 saturated heterocycles. The first-order chi connectivity index (χ1) is 13.6. The van der Waals surface area contributed by atoms with Crippen LogP contribution in [0, 0.1) is 6.92 Å². The molecule has 4 aromatic rings. The minimum Gasteiger partial charge on any atom is -0.494 e. The van der Waals surface area contributed by atoms with Crippen LogP contribution in [0.2, 0.25) is 0 Å². The van der Waals surface area contributed by atoms with Crippen molar-refractivity contribution in [1.82, 2.24) is 4.98 Å². The van der Waals surface area contributed by atoms with Crippen molar-refractivity contribution in [3.63, 3.8) is 0 Å². The number of hydrogen-bond acceptors (Lipinski definition) is 4. The third kappa shape index (κ3) is 3.75. The van der Waals surface area contributed by atoms with Crippen molar-refractivity contribution in [2.75, 3.05) is 11.9 Å². The van der Waals surface area contributed by atoms with Crippen LogP contribution in [0.1, 0.15) is 22.8 Å². The minimum absolute atomic E-state index is 0.146. The maximum absolute atomic E-state index is 12.7. The minimum atomic E-state index is -0.146. The van der Waals surface area contributed by atoms with Crippen LogP contribution in [0.25, 0.3) is 20.8 Å². The first-order valence-electron chi connectivity index (χ1n) is 9.15. The summed E-state index contributed by atoms with van der Waals surface area (Å²) in [5, 5.41) is 3.96. The molecule has 140 valence electrons. The smallest absolute Gasteiger partial charge is 0.255 e. The topological polar surface area (TPSA) is 51.2 Å². The van der Waals surface area contributed by atoms with E-state index in [0.29, 0.717) is 12.2 Å². The van der Waals surface area contributed by atoms with Crippen LogP contribution in [0.5, 0.6) is 5.75 Å². The van der Waals surface area contributed by atoms with Gasteiger partial charge in [0.2, 0.25) is 0 Å². The molecule has 0 saturated carbocycles. The zero-order valence-electron chi connectivity index (χ0n) is 15.7. The van der Waals surface area contributed by atoms with E-state index < -0.39 is 0 Å². The summed E-state index contributed by atoms with van der Waals surface area (Å²) in [5.41, 5.74) is 4.37. The van der Waals surface area contributed by atoms with Gasteiger partial charge in [0.1, 0.15) is 10.8 Å². The van der Waals surface area contributed by atoms with E-state index in [1.54, 1.807) is 23.5 Å². The van der Waals surface area contributed by atoms with Crippen molar-refractivity contribution in [2.24, 2.45) is 0 Å². The quantitative estimate of drug-likeness (QED) is 0.461. The molecular formula is C23H20N2O2S. The standard InChI is InChI=1S/C23H20N2O2S/c1-3-27-18-12-10-16(11-13-18)22(26)24-20-14-17(9-8-15(20)2)23-25-19-6-4-5-7-21(19)28-23/h4-14H,3H2,1-2H3,(H,24,26). The molecule has 1 N–H and O–H groups in total. The van der Waals surface area contributed by atoms with Crippen LogP contribution in [0.15, 0.2) is 66.7 Å². The van der Waals surface area contributed by atoms with Crippen molar-refractivity contribution >= 4 is 33.1 Å². The molecule has 0 aliphatic rings. The third-order valence-electron chi connectivity index (χ3n) is 4.45. The SMILES string of the molecule is CCOc1ccc(C(=O)Nc2cc(-c3nc4ccccc4s3)ccc2C)cc1. The highest BCUT2D eigenvalue weighted by Crippen LogP contribution is 2.32. The van der Waals surface area contributed by atoms with E-state index in [4.69, 9.17) is 9.72 Å². The van der Waals surface area contributed by atoms with Crippen LogP contribution in [-0.4, -0.2) is 17.5 Å². The maximum Gasteiger partial charge on any atom is 0.255 e. The third-order valence-corrected chi connectivity index (χ3v) is 5.54. The van der Waals surface area contributed by atoms with Gasteiger partial charge in [0, 0.05) is 16.8 Å². The van der Waals surface area contributed by atoms with Crippen LogP contribution < -0.4 is 10.1 Å². The Hall–Kier alpha value is -3.18. The van der Waals surface area contributed by atoms with Crippen molar-refractivity contribution in [1.29, 1.82) is 0 Å². The number of thiazole rings is 1. The van der Waals surface area contributed by atoms with Crippen LogP contribution >= 0.6 is 11.3 Å². The molecule has 28 heavy (non-hydrogen) atoms. The van der Waals surface area contributed by atoms with Gasteiger partial charge < -0.3 is 10.1 Å². The number of para-hydroxylation sites is 1. The second-order valence-corrected chi connectivity index (χ2v) is 7.46. The van der Waals surface area contributed by atoms with Gasteiger partial charge in [0.05, 0.1) is 16.8 Å². The molecule has 0 atom stereocenters. The van der Waals surface area contributed by atoms with E-state index in [1.165, 1.54) is 0 Å². The summed E-state index contributed by atoms with van der Waals surface area (Å²) in [6.07, 6.45) is 0. The molecule has 3 aromatic carbocycles. The summed E-state index contributed by atoms with van der Waals surface area (Å²) in [6.45, 7) is 4.51. The number of benzene rings is 3. The number of anilines is 1. The number of hydrogen-bond donors (Lipinski definition) is 1. The van der Waals surface area contributed by atoms with Gasteiger partial charge in [-0.3, -0.25) is 4.79 Å². The largest absolute Gasteiger partial charge is 0.494 e. The fourth-order valence-electron chi connectivity index (χ4n) is 2.95. The molecule has 0 radical (unpaired) electrons. The Morgan fingerprint density at radius 1 is 1.07 bits per heavy atom. The molecule has 4 nitrogen and oxygen atoms in total. The number of fused-ring (bicyclic) bond motifs is 1. The first-order valence-corrected chi connectivity index (χ1v) is 9.96. The van der Waals surface area contributed by atoms with Gasteiger partial charge in [-0.15, -0.1) is 11.3 Å². The van der Waals surface area contributed by atoms with Crippen molar-refractivity contribution < 1.29 is 9.53 Å². The summed E-state index contributed by atoms with van der Waals surface area (Å²) in [4.78, 5) is 17.4. The monoisotopic (exact) mass is 388 g/mol. The zero-order chi connectivity index (χ0) is 19.5. The normalized spacial score (nSPS) is 10.8. The van der Waals surface area contributed by atoms with E-state index in [2.05, 4.69) is 11.4 Å². The highest BCUT2D eigenvalue weighted by molar-refractivity contribution is 7.21. The van der Waals surface area contributed by atoms with Crippen molar-refractivity contribution in [3.8, 4) is 16.3 Å². The highest BCUT2D eigenvalue weighted by Gasteiger charge is 2.11. The predicted molar refractivity (Wildman–Crippen MR) is 115 cm³/mol. The Morgan fingerprint density at radius 2 is 1.86 bits per heavy atom. The average molecular weight is 388 g/mol. The second-order valence-electron chi connectivity index (χ2n) is 6.43. The molecule has 4 rings (SSSR count). The molecular weight excluding hydrogens is 368 g/mol. The fourth-order valence-corrected chi connectivity index (χ4v) is 3.91. The second kappa shape index (κ2) is 7.82. The summed E-state index contributed by atoms with van der Waals surface area (Å²) < 4.78 is 6.58. The summed E-state index contributed by atoms with van der Waals surface area (Å²) in [7, 11) is 0. The first kappa shape index (κ1) is 18.2. The van der Waals surface area contributed by atoms with Crippen LogP contribution in [-0.2, 0) is 0 Å². The van der Waals surface area contributed by atoms with Crippen LogP contribution in [0.3, 0.4) is 0 Å². The van der Waals surface area contributed by atoms with Gasteiger partial charge in [0.15, 0.2) is 0 Å². The number of nitrogens with zero attached hydrogens (tertiary/aromatic N) is 1. The number of rotatable bonds is 5. The number of nitrogens with one attached hydrogen (secondary N) is 1. The van der Waals surface area contributed by atoms with Gasteiger partial charge in [0.25, 0.3) is 5.91 Å². The molecule has 5 heteroatoms. The van der Waals surface area contributed by atoms with Gasteiger partial charge in [-0.1, -0.05) is 24.3 Å². The molecule has 1 aromatic heterocycles. The Bertz CT molecular complexity index is 1100. The fraction of sp³-hybridized carbons (Fsp3) is 0.130. The number of ether oxygens (including phenoxy) is 1. The molecule has 0 aliphatic carbocycles. The van der Waals surface area contributed by atoms with E-state index in [1.807, 2.05) is 62.4 Å². The Balaban J connectivity index is 1.59.